The van der Waals surface area contributed by atoms with Crippen LogP contribution in [0.15, 0.2) is 0 Å². The Bertz CT molecular complexity index is 1640. The predicted octanol–water partition coefficient (Wildman–Crippen LogP) is 18.2. The van der Waals surface area contributed by atoms with Crippen molar-refractivity contribution in [3.05, 3.63) is 0 Å². The molecule has 3 N–H and O–H groups in total. The van der Waals surface area contributed by atoms with E-state index in [-0.39, 0.29) is 25.7 Å². The van der Waals surface area contributed by atoms with Gasteiger partial charge in [0.25, 0.3) is 0 Å². The summed E-state index contributed by atoms with van der Waals surface area (Å²) < 4.78 is 67.9. The smallest absolute Gasteiger partial charge is 0.462 e. The van der Waals surface area contributed by atoms with Gasteiger partial charge in [-0.3, -0.25) is 37.3 Å². The Labute approximate surface area is 511 Å². The summed E-state index contributed by atoms with van der Waals surface area (Å²) in [6.07, 6.45) is 43.2. The third kappa shape index (κ3) is 59.0. The molecule has 19 heteroatoms. The van der Waals surface area contributed by atoms with Crippen molar-refractivity contribution >= 4 is 39.5 Å². The van der Waals surface area contributed by atoms with Gasteiger partial charge in [0.2, 0.25) is 0 Å². The number of carbonyl (C=O) groups is 4. The van der Waals surface area contributed by atoms with Crippen LogP contribution < -0.4 is 0 Å². The Morgan fingerprint density at radius 1 is 0.321 bits per heavy atom. The van der Waals surface area contributed by atoms with Crippen molar-refractivity contribution in [1.29, 1.82) is 0 Å². The van der Waals surface area contributed by atoms with Crippen LogP contribution in [0.25, 0.3) is 0 Å². The molecule has 0 fully saturated rings. The van der Waals surface area contributed by atoms with Gasteiger partial charge in [-0.05, 0) is 31.6 Å². The largest absolute Gasteiger partial charge is 0.472 e. The van der Waals surface area contributed by atoms with Crippen molar-refractivity contribution < 1.29 is 80.2 Å². The van der Waals surface area contributed by atoms with Crippen molar-refractivity contribution in [3.63, 3.8) is 0 Å². The topological polar surface area (TPSA) is 237 Å². The van der Waals surface area contributed by atoms with E-state index in [0.717, 1.165) is 103 Å². The summed E-state index contributed by atoms with van der Waals surface area (Å²) in [5.41, 5.74) is 0. The Morgan fingerprint density at radius 3 is 0.810 bits per heavy atom. The van der Waals surface area contributed by atoms with Crippen molar-refractivity contribution in [2.75, 3.05) is 39.6 Å². The fraction of sp³-hybridized carbons (Fsp3) is 0.938. The minimum Gasteiger partial charge on any atom is -0.462 e. The third-order valence-corrected chi connectivity index (χ3v) is 16.9. The van der Waals surface area contributed by atoms with Gasteiger partial charge in [-0.15, -0.1) is 0 Å². The molecule has 0 aliphatic heterocycles. The highest BCUT2D eigenvalue weighted by Crippen LogP contribution is 2.45. The molecule has 2 unspecified atom stereocenters. The van der Waals surface area contributed by atoms with Gasteiger partial charge in [-0.2, -0.15) is 0 Å². The number of unbranched alkanes of at least 4 members (excludes halogenated alkanes) is 37. The predicted molar refractivity (Wildman–Crippen MR) is 335 cm³/mol. The van der Waals surface area contributed by atoms with E-state index in [1.807, 2.05) is 0 Å². The number of esters is 4. The summed E-state index contributed by atoms with van der Waals surface area (Å²) >= 11 is 0. The number of hydrogen-bond donors (Lipinski definition) is 3. The lowest BCUT2D eigenvalue weighted by atomic mass is 10.0. The highest BCUT2D eigenvalue weighted by Gasteiger charge is 2.30. The van der Waals surface area contributed by atoms with Gasteiger partial charge in [0.1, 0.15) is 19.3 Å². The van der Waals surface area contributed by atoms with E-state index in [2.05, 4.69) is 34.6 Å². The van der Waals surface area contributed by atoms with Gasteiger partial charge in [0, 0.05) is 25.7 Å². The van der Waals surface area contributed by atoms with Crippen molar-refractivity contribution in [2.45, 2.75) is 348 Å². The molecule has 0 radical (unpaired) electrons. The van der Waals surface area contributed by atoms with Gasteiger partial charge in [-0.25, -0.2) is 9.13 Å². The number of rotatable bonds is 65. The Kier molecular flexibility index (Phi) is 57.4. The molecule has 0 amide bonds. The maximum Gasteiger partial charge on any atom is 0.472 e. The second kappa shape index (κ2) is 58.7. The van der Waals surface area contributed by atoms with E-state index in [1.165, 1.54) is 141 Å². The monoisotopic (exact) mass is 1240 g/mol. The first-order valence-electron chi connectivity index (χ1n) is 34.1. The van der Waals surface area contributed by atoms with Gasteiger partial charge < -0.3 is 33.8 Å². The average molecular weight is 1240 g/mol. The molecule has 0 aromatic rings. The Balaban J connectivity index is 5.19. The SMILES string of the molecule is CCCCCCCCCCCCCCCCCCC(=O)O[C@H](COC(=O)CCCCCCCCCCCCC)COP(=O)(O)OC[C@@H](O)COP(=O)(O)OC[C@@H](COC(=O)CCCCCCCCC)OC(=O)CCCCCCCCCC(C)C. The van der Waals surface area contributed by atoms with Crippen LogP contribution in [-0.4, -0.2) is 96.7 Å². The molecule has 84 heavy (non-hydrogen) atoms. The molecule has 5 atom stereocenters. The molecule has 0 spiro atoms. The lowest BCUT2D eigenvalue weighted by molar-refractivity contribution is -0.161. The number of ether oxygens (including phenoxy) is 4. The lowest BCUT2D eigenvalue weighted by Gasteiger charge is -2.21. The molecule has 17 nitrogen and oxygen atoms in total. The highest BCUT2D eigenvalue weighted by molar-refractivity contribution is 7.47. The number of hydrogen-bond acceptors (Lipinski definition) is 15. The average Bonchev–Trinajstić information content (AvgIpc) is 3.55. The molecule has 0 bridgehead atoms. The zero-order valence-electron chi connectivity index (χ0n) is 54.0. The Morgan fingerprint density at radius 2 is 0.548 bits per heavy atom. The first-order chi connectivity index (χ1) is 40.5. The Hall–Kier alpha value is -1.94. The molecule has 0 aromatic carbocycles. The number of aliphatic hydroxyl groups excluding tert-OH is 1. The van der Waals surface area contributed by atoms with Gasteiger partial charge >= 0.3 is 39.5 Å². The van der Waals surface area contributed by atoms with Crippen LogP contribution in [0.5, 0.6) is 0 Å². The zero-order chi connectivity index (χ0) is 62.0. The van der Waals surface area contributed by atoms with E-state index in [1.54, 1.807) is 0 Å². The zero-order valence-corrected chi connectivity index (χ0v) is 55.8. The quantitative estimate of drug-likeness (QED) is 0.0222. The molecule has 0 heterocycles. The normalized spacial score (nSPS) is 14.2. The van der Waals surface area contributed by atoms with Crippen LogP contribution in [0.4, 0.5) is 0 Å². The maximum atomic E-state index is 13.0. The summed E-state index contributed by atoms with van der Waals surface area (Å²) in [5, 5.41) is 10.5. The van der Waals surface area contributed by atoms with Gasteiger partial charge in [0.15, 0.2) is 12.2 Å². The van der Waals surface area contributed by atoms with Crippen LogP contribution in [-0.2, 0) is 65.4 Å². The molecular formula is C65H126O17P2. The fourth-order valence-electron chi connectivity index (χ4n) is 9.76. The minimum atomic E-state index is -4.94. The molecule has 0 aliphatic rings. The van der Waals surface area contributed by atoms with E-state index >= 15 is 0 Å². The molecule has 0 aromatic heterocycles. The summed E-state index contributed by atoms with van der Waals surface area (Å²) in [4.78, 5) is 72.1. The van der Waals surface area contributed by atoms with Crippen LogP contribution in [0.2, 0.25) is 0 Å². The van der Waals surface area contributed by atoms with E-state index < -0.39 is 97.5 Å². The molecule has 0 saturated carbocycles. The van der Waals surface area contributed by atoms with Crippen LogP contribution in [0.3, 0.4) is 0 Å². The van der Waals surface area contributed by atoms with Crippen molar-refractivity contribution in [2.24, 2.45) is 5.92 Å². The number of carbonyl (C=O) groups excluding carboxylic acids is 4. The first-order valence-corrected chi connectivity index (χ1v) is 37.1. The minimum absolute atomic E-state index is 0.103. The molecular weight excluding hydrogens is 1110 g/mol. The molecule has 498 valence electrons. The first kappa shape index (κ1) is 82.1. The molecule has 0 aliphatic carbocycles. The standard InChI is InChI=1S/C65H126O17P2/c1-6-9-12-15-18-20-22-23-24-25-26-28-30-35-40-45-50-64(69)81-61(55-76-63(68)49-44-39-34-29-27-21-19-16-13-10-7-2)57-80-84(73,74)78-53-59(66)52-77-83(71,72)79-56-60(54-75-62(67)48-43-38-32-17-14-11-8-3)82-65(70)51-46-41-36-31-33-37-42-47-58(4)5/h58-61,66H,6-57H2,1-5H3,(H,71,72)(H,73,74)/t59-,60+,61+/m0/s1. The van der Waals surface area contributed by atoms with E-state index in [9.17, 15) is 43.2 Å². The summed E-state index contributed by atoms with van der Waals surface area (Å²) in [6.45, 7) is 7.10. The van der Waals surface area contributed by atoms with Crippen LogP contribution >= 0.6 is 15.6 Å². The third-order valence-electron chi connectivity index (χ3n) is 15.0. The number of aliphatic hydroxyl groups is 1. The second-order valence-electron chi connectivity index (χ2n) is 24.0. The van der Waals surface area contributed by atoms with Gasteiger partial charge in [-0.1, -0.05) is 279 Å². The molecule has 0 saturated heterocycles. The van der Waals surface area contributed by atoms with E-state index in [0.29, 0.717) is 31.6 Å². The number of phosphoric ester groups is 2. The van der Waals surface area contributed by atoms with Crippen molar-refractivity contribution in [3.8, 4) is 0 Å². The maximum absolute atomic E-state index is 13.0. The van der Waals surface area contributed by atoms with Crippen LogP contribution in [0, 0.1) is 5.92 Å². The summed E-state index contributed by atoms with van der Waals surface area (Å²) in [7, 11) is -9.88. The second-order valence-corrected chi connectivity index (χ2v) is 26.9. The van der Waals surface area contributed by atoms with Gasteiger partial charge in [0.05, 0.1) is 26.4 Å². The summed E-state index contributed by atoms with van der Waals surface area (Å²) in [6, 6.07) is 0. The van der Waals surface area contributed by atoms with Crippen LogP contribution in [0.1, 0.15) is 330 Å². The van der Waals surface area contributed by atoms with Crippen molar-refractivity contribution in [1.82, 2.24) is 0 Å². The molecule has 0 rings (SSSR count). The lowest BCUT2D eigenvalue weighted by Crippen LogP contribution is -2.30. The fourth-order valence-corrected chi connectivity index (χ4v) is 11.3. The highest BCUT2D eigenvalue weighted by atomic mass is 31.2. The van der Waals surface area contributed by atoms with E-state index in [4.69, 9.17) is 37.0 Å². The summed E-state index contributed by atoms with van der Waals surface area (Å²) in [5.74, 6) is -1.44. The number of phosphoric acid groups is 2.